The van der Waals surface area contributed by atoms with E-state index < -0.39 is 0 Å². The van der Waals surface area contributed by atoms with Crippen molar-refractivity contribution in [2.45, 2.75) is 26.7 Å². The summed E-state index contributed by atoms with van der Waals surface area (Å²) in [6.07, 6.45) is 1.90. The van der Waals surface area contributed by atoms with Crippen molar-refractivity contribution in [3.05, 3.63) is 28.3 Å². The fourth-order valence-corrected chi connectivity index (χ4v) is 1.36. The zero-order chi connectivity index (χ0) is 9.14. The average molecular weight is 185 g/mol. The predicted molar refractivity (Wildman–Crippen MR) is 51.8 cm³/mol. The number of phenols is 1. The molecular formula is C10H13ClO. The monoisotopic (exact) mass is 184 g/mol. The third-order valence-corrected chi connectivity index (χ3v) is 2.39. The van der Waals surface area contributed by atoms with Crippen molar-refractivity contribution in [2.24, 2.45) is 0 Å². The Morgan fingerprint density at radius 3 is 2.67 bits per heavy atom. The molecule has 12 heavy (non-hydrogen) atoms. The van der Waals surface area contributed by atoms with E-state index in [1.165, 1.54) is 0 Å². The molecule has 0 aromatic heterocycles. The number of rotatable bonds is 2. The van der Waals surface area contributed by atoms with Gasteiger partial charge in [-0.2, -0.15) is 0 Å². The molecule has 0 unspecified atom stereocenters. The van der Waals surface area contributed by atoms with Gasteiger partial charge in [0.1, 0.15) is 5.75 Å². The SMILES string of the molecule is CCCc1ccc(C)c(Cl)c1O. The van der Waals surface area contributed by atoms with Crippen molar-refractivity contribution < 1.29 is 5.11 Å². The topological polar surface area (TPSA) is 20.2 Å². The Hall–Kier alpha value is -0.690. The molecule has 1 N–H and O–H groups in total. The zero-order valence-electron chi connectivity index (χ0n) is 7.39. The summed E-state index contributed by atoms with van der Waals surface area (Å²) < 4.78 is 0. The molecule has 0 heterocycles. The summed E-state index contributed by atoms with van der Waals surface area (Å²) in [7, 11) is 0. The first-order valence-corrected chi connectivity index (χ1v) is 4.51. The van der Waals surface area contributed by atoms with Gasteiger partial charge in [0, 0.05) is 0 Å². The fraction of sp³-hybridized carbons (Fsp3) is 0.400. The van der Waals surface area contributed by atoms with Gasteiger partial charge in [-0.15, -0.1) is 0 Å². The normalized spacial score (nSPS) is 10.2. The lowest BCUT2D eigenvalue weighted by Gasteiger charge is -2.06. The minimum absolute atomic E-state index is 0.249. The molecule has 0 saturated carbocycles. The summed E-state index contributed by atoms with van der Waals surface area (Å²) in [6, 6.07) is 3.87. The molecule has 2 heteroatoms. The molecular weight excluding hydrogens is 172 g/mol. The van der Waals surface area contributed by atoms with Gasteiger partial charge >= 0.3 is 0 Å². The summed E-state index contributed by atoms with van der Waals surface area (Å²) in [4.78, 5) is 0. The zero-order valence-corrected chi connectivity index (χ0v) is 8.15. The van der Waals surface area contributed by atoms with Crippen molar-refractivity contribution >= 4 is 11.6 Å². The molecule has 0 atom stereocenters. The second-order valence-electron chi connectivity index (χ2n) is 2.95. The first-order valence-electron chi connectivity index (χ1n) is 4.13. The molecule has 0 bridgehead atoms. The molecule has 0 aliphatic carbocycles. The van der Waals surface area contributed by atoms with Gasteiger partial charge in [0.2, 0.25) is 0 Å². The van der Waals surface area contributed by atoms with E-state index >= 15 is 0 Å². The Morgan fingerprint density at radius 1 is 1.42 bits per heavy atom. The quantitative estimate of drug-likeness (QED) is 0.748. The van der Waals surface area contributed by atoms with Gasteiger partial charge in [-0.1, -0.05) is 37.1 Å². The van der Waals surface area contributed by atoms with E-state index in [4.69, 9.17) is 11.6 Å². The number of aromatic hydroxyl groups is 1. The summed E-state index contributed by atoms with van der Waals surface area (Å²) in [5.41, 5.74) is 1.86. The number of hydrogen-bond donors (Lipinski definition) is 1. The Kier molecular flexibility index (Phi) is 2.99. The lowest BCUT2D eigenvalue weighted by molar-refractivity contribution is 0.467. The molecule has 0 aliphatic rings. The molecule has 0 fully saturated rings. The van der Waals surface area contributed by atoms with Gasteiger partial charge in [-0.05, 0) is 24.5 Å². The van der Waals surface area contributed by atoms with E-state index in [9.17, 15) is 5.11 Å². The first kappa shape index (κ1) is 9.40. The van der Waals surface area contributed by atoms with Crippen LogP contribution in [0.2, 0.25) is 5.02 Å². The maximum Gasteiger partial charge on any atom is 0.137 e. The van der Waals surface area contributed by atoms with Crippen LogP contribution in [0.25, 0.3) is 0 Å². The van der Waals surface area contributed by atoms with Crippen LogP contribution in [0.15, 0.2) is 12.1 Å². The third-order valence-electron chi connectivity index (χ3n) is 1.91. The summed E-state index contributed by atoms with van der Waals surface area (Å²) in [6.45, 7) is 3.96. The van der Waals surface area contributed by atoms with Crippen LogP contribution in [-0.4, -0.2) is 5.11 Å². The van der Waals surface area contributed by atoms with E-state index in [0.717, 1.165) is 24.0 Å². The van der Waals surface area contributed by atoms with Gasteiger partial charge in [0.15, 0.2) is 0 Å². The largest absolute Gasteiger partial charge is 0.506 e. The molecule has 0 saturated heterocycles. The van der Waals surface area contributed by atoms with Crippen LogP contribution in [-0.2, 0) is 6.42 Å². The highest BCUT2D eigenvalue weighted by Gasteiger charge is 2.06. The van der Waals surface area contributed by atoms with E-state index in [1.807, 2.05) is 19.1 Å². The molecule has 1 aromatic carbocycles. The predicted octanol–water partition coefficient (Wildman–Crippen LogP) is 3.31. The average Bonchev–Trinajstić information content (AvgIpc) is 2.07. The van der Waals surface area contributed by atoms with Crippen LogP contribution >= 0.6 is 11.6 Å². The first-order chi connectivity index (χ1) is 5.66. The Bertz CT molecular complexity index is 281. The van der Waals surface area contributed by atoms with E-state index in [0.29, 0.717) is 5.02 Å². The third kappa shape index (κ3) is 1.72. The molecule has 1 nitrogen and oxygen atoms in total. The van der Waals surface area contributed by atoms with Crippen molar-refractivity contribution in [3.8, 4) is 5.75 Å². The Labute approximate surface area is 78.0 Å². The van der Waals surface area contributed by atoms with Crippen LogP contribution in [0.4, 0.5) is 0 Å². The highest BCUT2D eigenvalue weighted by Crippen LogP contribution is 2.30. The molecule has 0 spiro atoms. The molecule has 1 aromatic rings. The smallest absolute Gasteiger partial charge is 0.137 e. The second kappa shape index (κ2) is 3.81. The fourth-order valence-electron chi connectivity index (χ4n) is 1.18. The molecule has 1 rings (SSSR count). The maximum absolute atomic E-state index is 9.58. The van der Waals surface area contributed by atoms with Crippen LogP contribution in [0, 0.1) is 6.92 Å². The lowest BCUT2D eigenvalue weighted by atomic mass is 10.1. The molecule has 66 valence electrons. The van der Waals surface area contributed by atoms with E-state index in [2.05, 4.69) is 6.92 Å². The molecule has 0 aliphatic heterocycles. The number of aryl methyl sites for hydroxylation is 2. The minimum Gasteiger partial charge on any atom is -0.506 e. The second-order valence-corrected chi connectivity index (χ2v) is 3.33. The van der Waals surface area contributed by atoms with E-state index in [1.54, 1.807) is 0 Å². The van der Waals surface area contributed by atoms with Crippen molar-refractivity contribution in [1.29, 1.82) is 0 Å². The highest BCUT2D eigenvalue weighted by molar-refractivity contribution is 6.32. The maximum atomic E-state index is 9.58. The van der Waals surface area contributed by atoms with E-state index in [-0.39, 0.29) is 5.75 Å². The van der Waals surface area contributed by atoms with Crippen LogP contribution < -0.4 is 0 Å². The lowest BCUT2D eigenvalue weighted by Crippen LogP contribution is -1.86. The van der Waals surface area contributed by atoms with Crippen LogP contribution in [0.1, 0.15) is 24.5 Å². The van der Waals surface area contributed by atoms with Crippen LogP contribution in [0.3, 0.4) is 0 Å². The highest BCUT2D eigenvalue weighted by atomic mass is 35.5. The Morgan fingerprint density at radius 2 is 2.08 bits per heavy atom. The summed E-state index contributed by atoms with van der Waals surface area (Å²) >= 11 is 5.87. The van der Waals surface area contributed by atoms with Gasteiger partial charge in [0.25, 0.3) is 0 Å². The molecule has 0 amide bonds. The standard InChI is InChI=1S/C10H13ClO/c1-3-4-8-6-5-7(2)9(11)10(8)12/h5-6,12H,3-4H2,1-2H3. The minimum atomic E-state index is 0.249. The van der Waals surface area contributed by atoms with Crippen molar-refractivity contribution in [3.63, 3.8) is 0 Å². The summed E-state index contributed by atoms with van der Waals surface area (Å²) in [5, 5.41) is 10.1. The molecule has 0 radical (unpaired) electrons. The Balaban J connectivity index is 3.08. The number of hydrogen-bond acceptors (Lipinski definition) is 1. The summed E-state index contributed by atoms with van der Waals surface area (Å²) in [5.74, 6) is 0.249. The van der Waals surface area contributed by atoms with Crippen molar-refractivity contribution in [1.82, 2.24) is 0 Å². The van der Waals surface area contributed by atoms with Crippen molar-refractivity contribution in [2.75, 3.05) is 0 Å². The number of benzene rings is 1. The van der Waals surface area contributed by atoms with Gasteiger partial charge < -0.3 is 5.11 Å². The van der Waals surface area contributed by atoms with Crippen LogP contribution in [0.5, 0.6) is 5.75 Å². The number of halogens is 1. The van der Waals surface area contributed by atoms with Gasteiger partial charge in [-0.3, -0.25) is 0 Å². The van der Waals surface area contributed by atoms with Gasteiger partial charge in [-0.25, -0.2) is 0 Å². The number of phenolic OH excluding ortho intramolecular Hbond substituents is 1. The van der Waals surface area contributed by atoms with Gasteiger partial charge in [0.05, 0.1) is 5.02 Å².